The molecule has 1 fully saturated rings. The number of ketones is 1. The molecular formula is C25H28N2O5. The number of methoxy groups -OCH3 is 1. The van der Waals surface area contributed by atoms with E-state index in [1.807, 2.05) is 37.3 Å². The van der Waals surface area contributed by atoms with E-state index in [0.717, 1.165) is 68.4 Å². The Hall–Kier alpha value is -2.87. The van der Waals surface area contributed by atoms with Crippen LogP contribution in [0.3, 0.4) is 0 Å². The van der Waals surface area contributed by atoms with Crippen molar-refractivity contribution < 1.29 is 23.7 Å². The number of carbonyl (C=O) groups excluding carboxylic acids is 1. The van der Waals surface area contributed by atoms with Crippen LogP contribution in [0.1, 0.15) is 27.0 Å². The number of rotatable bonds is 5. The largest absolute Gasteiger partial charge is 0.496 e. The van der Waals surface area contributed by atoms with Crippen molar-refractivity contribution in [1.82, 2.24) is 9.80 Å². The molecule has 3 aliphatic heterocycles. The number of benzene rings is 2. The molecule has 3 aliphatic rings. The van der Waals surface area contributed by atoms with E-state index in [4.69, 9.17) is 18.9 Å². The minimum Gasteiger partial charge on any atom is -0.496 e. The second-order valence-electron chi connectivity index (χ2n) is 8.33. The Balaban J connectivity index is 1.35. The van der Waals surface area contributed by atoms with Gasteiger partial charge in [0.25, 0.3) is 0 Å². The molecule has 0 aromatic heterocycles. The number of hydrogen-bond donors (Lipinski definition) is 0. The van der Waals surface area contributed by atoms with Crippen molar-refractivity contribution in [3.63, 3.8) is 0 Å². The van der Waals surface area contributed by atoms with Crippen molar-refractivity contribution in [3.8, 4) is 17.2 Å². The van der Waals surface area contributed by atoms with E-state index in [-0.39, 0.29) is 5.78 Å². The van der Waals surface area contributed by atoms with Crippen molar-refractivity contribution in [2.24, 2.45) is 0 Å². The summed E-state index contributed by atoms with van der Waals surface area (Å²) in [7, 11) is 1.61. The Morgan fingerprint density at radius 3 is 2.69 bits per heavy atom. The Morgan fingerprint density at radius 1 is 1.09 bits per heavy atom. The average molecular weight is 437 g/mol. The fraction of sp³-hybridized carbons (Fsp3) is 0.400. The number of para-hydroxylation sites is 1. The summed E-state index contributed by atoms with van der Waals surface area (Å²) in [5.74, 6) is 2.32. The van der Waals surface area contributed by atoms with Gasteiger partial charge < -0.3 is 18.9 Å². The number of fused-ring (bicyclic) bond motifs is 2. The quantitative estimate of drug-likeness (QED) is 0.668. The number of Topliss-reactive ketones (excluding diaryl/α,β-unsaturated/α-hetero) is 1. The van der Waals surface area contributed by atoms with Crippen LogP contribution in [0, 0.1) is 6.92 Å². The molecule has 2 aromatic carbocycles. The van der Waals surface area contributed by atoms with Crippen LogP contribution >= 0.6 is 0 Å². The summed E-state index contributed by atoms with van der Waals surface area (Å²) in [4.78, 5) is 17.8. The van der Waals surface area contributed by atoms with E-state index >= 15 is 0 Å². The van der Waals surface area contributed by atoms with Gasteiger partial charge in [-0.1, -0.05) is 18.2 Å². The van der Waals surface area contributed by atoms with Crippen LogP contribution in [0.2, 0.25) is 0 Å². The van der Waals surface area contributed by atoms with Crippen molar-refractivity contribution in [2.75, 3.05) is 53.2 Å². The zero-order valence-electron chi connectivity index (χ0n) is 18.6. The van der Waals surface area contributed by atoms with Crippen LogP contribution in [0.15, 0.2) is 36.1 Å². The predicted molar refractivity (Wildman–Crippen MR) is 120 cm³/mol. The molecule has 0 spiro atoms. The fourth-order valence-electron chi connectivity index (χ4n) is 4.47. The van der Waals surface area contributed by atoms with Crippen molar-refractivity contribution in [3.05, 3.63) is 58.3 Å². The van der Waals surface area contributed by atoms with Crippen LogP contribution in [0.5, 0.6) is 17.2 Å². The van der Waals surface area contributed by atoms with E-state index < -0.39 is 0 Å². The maximum atomic E-state index is 13.1. The highest BCUT2D eigenvalue weighted by molar-refractivity contribution is 6.15. The Kier molecular flexibility index (Phi) is 5.87. The van der Waals surface area contributed by atoms with Crippen LogP contribution in [-0.2, 0) is 11.3 Å². The molecule has 0 unspecified atom stereocenters. The number of hydrogen-bond acceptors (Lipinski definition) is 7. The van der Waals surface area contributed by atoms with Crippen molar-refractivity contribution >= 4 is 11.9 Å². The molecule has 0 saturated carbocycles. The average Bonchev–Trinajstić information content (AvgIpc) is 3.14. The molecule has 0 bridgehead atoms. The summed E-state index contributed by atoms with van der Waals surface area (Å²) in [6.45, 7) is 8.71. The van der Waals surface area contributed by atoms with Gasteiger partial charge in [-0.05, 0) is 25.1 Å². The number of nitrogens with zero attached hydrogens (tertiary/aromatic N) is 2. The first-order valence-corrected chi connectivity index (χ1v) is 11.0. The van der Waals surface area contributed by atoms with Gasteiger partial charge in [0.15, 0.2) is 5.76 Å². The topological polar surface area (TPSA) is 60.5 Å². The summed E-state index contributed by atoms with van der Waals surface area (Å²) < 4.78 is 23.0. The third kappa shape index (κ3) is 3.99. The van der Waals surface area contributed by atoms with E-state index in [2.05, 4.69) is 9.80 Å². The summed E-state index contributed by atoms with van der Waals surface area (Å²) >= 11 is 0. The monoisotopic (exact) mass is 436 g/mol. The van der Waals surface area contributed by atoms with Gasteiger partial charge in [0.1, 0.15) is 24.0 Å². The van der Waals surface area contributed by atoms with Gasteiger partial charge in [-0.15, -0.1) is 0 Å². The molecule has 2 aromatic rings. The SMILES string of the molecule is COc1ccccc1/C=C1\Oc2c(cc3c(c2C)OCN(CCN2CCOCC2)C3)C1=O. The van der Waals surface area contributed by atoms with Gasteiger partial charge in [-0.2, -0.15) is 0 Å². The summed E-state index contributed by atoms with van der Waals surface area (Å²) in [5, 5.41) is 0. The first-order chi connectivity index (χ1) is 15.6. The fourth-order valence-corrected chi connectivity index (χ4v) is 4.47. The first kappa shape index (κ1) is 21.0. The Labute approximate surface area is 188 Å². The van der Waals surface area contributed by atoms with Gasteiger partial charge in [0.2, 0.25) is 5.78 Å². The predicted octanol–water partition coefficient (Wildman–Crippen LogP) is 3.10. The third-order valence-corrected chi connectivity index (χ3v) is 6.26. The Morgan fingerprint density at radius 2 is 1.88 bits per heavy atom. The van der Waals surface area contributed by atoms with Gasteiger partial charge >= 0.3 is 0 Å². The molecule has 5 rings (SSSR count). The molecule has 0 N–H and O–H groups in total. The van der Waals surface area contributed by atoms with Crippen molar-refractivity contribution in [1.29, 1.82) is 0 Å². The van der Waals surface area contributed by atoms with Crippen LogP contribution in [0.4, 0.5) is 0 Å². The minimum atomic E-state index is -0.109. The zero-order valence-corrected chi connectivity index (χ0v) is 18.6. The molecule has 7 nitrogen and oxygen atoms in total. The molecule has 0 aliphatic carbocycles. The van der Waals surface area contributed by atoms with Crippen molar-refractivity contribution in [2.45, 2.75) is 13.5 Å². The second-order valence-corrected chi connectivity index (χ2v) is 8.33. The molecule has 7 heteroatoms. The highest BCUT2D eigenvalue weighted by Gasteiger charge is 2.33. The number of morpholine rings is 1. The normalized spacial score (nSPS) is 19.9. The number of allylic oxidation sites excluding steroid dienone is 1. The zero-order chi connectivity index (χ0) is 22.1. The maximum Gasteiger partial charge on any atom is 0.231 e. The Bertz CT molecular complexity index is 1060. The molecular weight excluding hydrogens is 408 g/mol. The van der Waals surface area contributed by atoms with Crippen LogP contribution in [0.25, 0.3) is 6.08 Å². The number of carbonyl (C=O) groups is 1. The molecule has 0 atom stereocenters. The lowest BCUT2D eigenvalue weighted by atomic mass is 10.00. The van der Waals surface area contributed by atoms with E-state index in [1.165, 1.54) is 0 Å². The first-order valence-electron chi connectivity index (χ1n) is 11.0. The standard InChI is InChI=1S/C25H28N2O5/c1-17-24-19(15-27(16-31-24)8-7-26-9-11-30-12-10-26)13-20-23(28)22(32-25(17)20)14-18-5-3-4-6-21(18)29-2/h3-6,13-14H,7-12,15-16H2,1-2H3/b22-14-. The van der Waals surface area contributed by atoms with Crippen LogP contribution in [-0.4, -0.2) is 68.8 Å². The molecule has 0 amide bonds. The summed E-state index contributed by atoms with van der Waals surface area (Å²) in [6.07, 6.45) is 1.75. The smallest absolute Gasteiger partial charge is 0.231 e. The summed E-state index contributed by atoms with van der Waals surface area (Å²) in [5.41, 5.74) is 3.31. The maximum absolute atomic E-state index is 13.1. The lowest BCUT2D eigenvalue weighted by Gasteiger charge is -2.33. The van der Waals surface area contributed by atoms with Crippen LogP contribution < -0.4 is 14.2 Å². The van der Waals surface area contributed by atoms with Gasteiger partial charge in [-0.3, -0.25) is 14.6 Å². The van der Waals surface area contributed by atoms with E-state index in [1.54, 1.807) is 13.2 Å². The third-order valence-electron chi connectivity index (χ3n) is 6.26. The van der Waals surface area contributed by atoms with E-state index in [0.29, 0.717) is 29.6 Å². The molecule has 168 valence electrons. The highest BCUT2D eigenvalue weighted by Crippen LogP contribution is 2.43. The molecule has 0 radical (unpaired) electrons. The number of ether oxygens (including phenoxy) is 4. The second kappa shape index (κ2) is 8.94. The van der Waals surface area contributed by atoms with E-state index in [9.17, 15) is 4.79 Å². The summed E-state index contributed by atoms with van der Waals surface area (Å²) in [6, 6.07) is 9.50. The lowest BCUT2D eigenvalue weighted by Crippen LogP contribution is -2.43. The lowest BCUT2D eigenvalue weighted by molar-refractivity contribution is 0.0239. The van der Waals surface area contributed by atoms with Gasteiger partial charge in [0, 0.05) is 49.4 Å². The highest BCUT2D eigenvalue weighted by atomic mass is 16.5. The molecule has 1 saturated heterocycles. The van der Waals surface area contributed by atoms with Gasteiger partial charge in [0.05, 0.1) is 25.9 Å². The minimum absolute atomic E-state index is 0.109. The molecule has 3 heterocycles. The molecule has 32 heavy (non-hydrogen) atoms. The van der Waals surface area contributed by atoms with Gasteiger partial charge in [-0.25, -0.2) is 0 Å².